The highest BCUT2D eigenvalue weighted by molar-refractivity contribution is 9.12. The number of alkyl halides is 2. The van der Waals surface area contributed by atoms with Gasteiger partial charge in [-0.3, -0.25) is 9.59 Å². The Balaban J connectivity index is 3.04. The molecule has 6 heteroatoms. The van der Waals surface area contributed by atoms with E-state index in [2.05, 4.69) is 31.9 Å². The van der Waals surface area contributed by atoms with Crippen LogP contribution < -0.4 is 0 Å². The molecule has 1 rings (SSSR count). The SMILES string of the molecule is O=C(O)C(Cc1ccccc1)C(Br)(CBr)C(=O)O. The number of hydrogen-bond acceptors (Lipinski definition) is 2. The maximum Gasteiger partial charge on any atom is 0.322 e. The third kappa shape index (κ3) is 3.32. The average Bonchev–Trinajstić information content (AvgIpc) is 2.35. The van der Waals surface area contributed by atoms with Crippen molar-refractivity contribution in [3.63, 3.8) is 0 Å². The van der Waals surface area contributed by atoms with Gasteiger partial charge in [0.15, 0.2) is 0 Å². The first-order valence-electron chi connectivity index (χ1n) is 5.17. The van der Waals surface area contributed by atoms with Crippen LogP contribution in [0, 0.1) is 5.92 Å². The van der Waals surface area contributed by atoms with E-state index in [-0.39, 0.29) is 11.8 Å². The molecule has 1 aromatic carbocycles. The Morgan fingerprint density at radius 3 is 2.17 bits per heavy atom. The molecule has 0 radical (unpaired) electrons. The molecule has 0 aromatic heterocycles. The summed E-state index contributed by atoms with van der Waals surface area (Å²) in [4.78, 5) is 22.5. The lowest BCUT2D eigenvalue weighted by molar-refractivity contribution is -0.150. The van der Waals surface area contributed by atoms with Crippen LogP contribution in [0.1, 0.15) is 5.56 Å². The summed E-state index contributed by atoms with van der Waals surface area (Å²) in [6.45, 7) is 0. The molecule has 0 spiro atoms. The van der Waals surface area contributed by atoms with Gasteiger partial charge in [-0.2, -0.15) is 0 Å². The number of carboxylic acids is 2. The van der Waals surface area contributed by atoms with E-state index in [1.165, 1.54) is 0 Å². The highest BCUT2D eigenvalue weighted by Gasteiger charge is 2.47. The molecule has 1 aromatic rings. The lowest BCUT2D eigenvalue weighted by atomic mass is 9.88. The fourth-order valence-electron chi connectivity index (χ4n) is 1.59. The molecule has 4 nitrogen and oxygen atoms in total. The second-order valence-electron chi connectivity index (χ2n) is 3.88. The van der Waals surface area contributed by atoms with Gasteiger partial charge in [0.1, 0.15) is 4.32 Å². The summed E-state index contributed by atoms with van der Waals surface area (Å²) >= 11 is 6.11. The lowest BCUT2D eigenvalue weighted by Crippen LogP contribution is -2.46. The minimum absolute atomic E-state index is 0.0130. The van der Waals surface area contributed by atoms with Crippen LogP contribution in [0.25, 0.3) is 0 Å². The molecule has 2 unspecified atom stereocenters. The van der Waals surface area contributed by atoms with Crippen LogP contribution >= 0.6 is 31.9 Å². The van der Waals surface area contributed by atoms with Crippen LogP contribution in [0.5, 0.6) is 0 Å². The van der Waals surface area contributed by atoms with Crippen LogP contribution in [-0.2, 0) is 16.0 Å². The van der Waals surface area contributed by atoms with Crippen LogP contribution in [0.4, 0.5) is 0 Å². The van der Waals surface area contributed by atoms with Crippen molar-refractivity contribution < 1.29 is 19.8 Å². The van der Waals surface area contributed by atoms with E-state index < -0.39 is 22.2 Å². The third-order valence-electron chi connectivity index (χ3n) is 2.68. The van der Waals surface area contributed by atoms with E-state index in [0.29, 0.717) is 0 Å². The number of rotatable bonds is 6. The molecule has 0 heterocycles. The Hall–Kier alpha value is -0.880. The standard InChI is InChI=1S/C12H12Br2O4/c13-7-12(14,11(17)18)9(10(15)16)6-8-4-2-1-3-5-8/h1-5,9H,6-7H2,(H,15,16)(H,17,18). The molecule has 2 N–H and O–H groups in total. The summed E-state index contributed by atoms with van der Waals surface area (Å²) in [5.74, 6) is -3.39. The minimum atomic E-state index is -1.52. The van der Waals surface area contributed by atoms with E-state index in [1.807, 2.05) is 6.07 Å². The molecule has 18 heavy (non-hydrogen) atoms. The van der Waals surface area contributed by atoms with E-state index in [0.717, 1.165) is 5.56 Å². The fraction of sp³-hybridized carbons (Fsp3) is 0.333. The zero-order valence-electron chi connectivity index (χ0n) is 9.35. The zero-order chi connectivity index (χ0) is 13.8. The molecule has 0 saturated carbocycles. The summed E-state index contributed by atoms with van der Waals surface area (Å²) in [6, 6.07) is 8.96. The predicted octanol–water partition coefficient (Wildman–Crippen LogP) is 2.54. The fourth-order valence-corrected chi connectivity index (χ4v) is 2.58. The number of halogens is 2. The van der Waals surface area contributed by atoms with Gasteiger partial charge in [-0.25, -0.2) is 0 Å². The number of aliphatic carboxylic acids is 2. The molecule has 0 bridgehead atoms. The van der Waals surface area contributed by atoms with Crippen molar-refractivity contribution in [2.75, 3.05) is 5.33 Å². The number of hydrogen-bond donors (Lipinski definition) is 2. The van der Waals surface area contributed by atoms with Gasteiger partial charge in [-0.05, 0) is 12.0 Å². The van der Waals surface area contributed by atoms with Crippen molar-refractivity contribution in [1.29, 1.82) is 0 Å². The first-order chi connectivity index (χ1) is 8.41. The summed E-state index contributed by atoms with van der Waals surface area (Å²) in [7, 11) is 0. The molecule has 0 amide bonds. The summed E-state index contributed by atoms with van der Waals surface area (Å²) in [5.41, 5.74) is 0.788. The van der Waals surface area contributed by atoms with Crippen molar-refractivity contribution in [1.82, 2.24) is 0 Å². The van der Waals surface area contributed by atoms with Crippen LogP contribution in [0.3, 0.4) is 0 Å². The van der Waals surface area contributed by atoms with Gasteiger partial charge in [0.2, 0.25) is 0 Å². The molecule has 0 aliphatic carbocycles. The van der Waals surface area contributed by atoms with Crippen molar-refractivity contribution in [3.05, 3.63) is 35.9 Å². The van der Waals surface area contributed by atoms with Gasteiger partial charge in [-0.1, -0.05) is 62.2 Å². The minimum Gasteiger partial charge on any atom is -0.481 e. The second kappa shape index (κ2) is 6.33. The van der Waals surface area contributed by atoms with E-state index in [4.69, 9.17) is 0 Å². The molecule has 0 aliphatic heterocycles. The smallest absolute Gasteiger partial charge is 0.322 e. The van der Waals surface area contributed by atoms with Gasteiger partial charge < -0.3 is 10.2 Å². The van der Waals surface area contributed by atoms with Gasteiger partial charge in [0, 0.05) is 5.33 Å². The first kappa shape index (κ1) is 15.2. The Morgan fingerprint density at radius 2 is 1.78 bits per heavy atom. The molecule has 98 valence electrons. The Bertz CT molecular complexity index is 435. The van der Waals surface area contributed by atoms with Crippen molar-refractivity contribution in [3.8, 4) is 0 Å². The number of carbonyl (C=O) groups is 2. The third-order valence-corrected chi connectivity index (χ3v) is 5.49. The summed E-state index contributed by atoms with van der Waals surface area (Å²) in [5, 5.41) is 18.4. The summed E-state index contributed by atoms with van der Waals surface area (Å²) in [6.07, 6.45) is 0.152. The van der Waals surface area contributed by atoms with Crippen LogP contribution in [0.2, 0.25) is 0 Å². The molecule has 0 aliphatic rings. The topological polar surface area (TPSA) is 74.6 Å². The highest BCUT2D eigenvalue weighted by atomic mass is 79.9. The Labute approximate surface area is 121 Å². The normalized spacial score (nSPS) is 15.7. The molecule has 0 fully saturated rings. The maximum atomic E-state index is 11.3. The van der Waals surface area contributed by atoms with Crippen LogP contribution in [0.15, 0.2) is 30.3 Å². The average molecular weight is 380 g/mol. The van der Waals surface area contributed by atoms with E-state index in [9.17, 15) is 19.8 Å². The number of carboxylic acid groups (broad SMARTS) is 2. The van der Waals surface area contributed by atoms with Gasteiger partial charge >= 0.3 is 11.9 Å². The monoisotopic (exact) mass is 378 g/mol. The zero-order valence-corrected chi connectivity index (χ0v) is 12.5. The molecule has 2 atom stereocenters. The maximum absolute atomic E-state index is 11.3. The summed E-state index contributed by atoms with van der Waals surface area (Å²) < 4.78 is -1.52. The molecular weight excluding hydrogens is 368 g/mol. The van der Waals surface area contributed by atoms with Crippen LogP contribution in [-0.4, -0.2) is 31.8 Å². The highest BCUT2D eigenvalue weighted by Crippen LogP contribution is 2.33. The largest absolute Gasteiger partial charge is 0.481 e. The molecular formula is C12H12Br2O4. The lowest BCUT2D eigenvalue weighted by Gasteiger charge is -2.27. The van der Waals surface area contributed by atoms with Gasteiger partial charge in [0.25, 0.3) is 0 Å². The van der Waals surface area contributed by atoms with Gasteiger partial charge in [-0.15, -0.1) is 0 Å². The Morgan fingerprint density at radius 1 is 1.22 bits per heavy atom. The molecule has 0 saturated heterocycles. The Kier molecular flexibility index (Phi) is 5.34. The van der Waals surface area contributed by atoms with Gasteiger partial charge in [0.05, 0.1) is 5.92 Å². The number of benzene rings is 1. The first-order valence-corrected chi connectivity index (χ1v) is 7.08. The van der Waals surface area contributed by atoms with Crippen molar-refractivity contribution in [2.24, 2.45) is 5.92 Å². The second-order valence-corrected chi connectivity index (χ2v) is 5.86. The predicted molar refractivity (Wildman–Crippen MR) is 74.4 cm³/mol. The van der Waals surface area contributed by atoms with Crippen molar-refractivity contribution >= 4 is 43.8 Å². The quantitative estimate of drug-likeness (QED) is 0.745. The van der Waals surface area contributed by atoms with Crippen molar-refractivity contribution in [2.45, 2.75) is 10.7 Å². The van der Waals surface area contributed by atoms with E-state index >= 15 is 0 Å². The van der Waals surface area contributed by atoms with E-state index in [1.54, 1.807) is 24.3 Å².